The second-order valence-corrected chi connectivity index (χ2v) is 7.77. The number of thiocarbonyl (C=S) groups is 1. The van der Waals surface area contributed by atoms with E-state index in [-0.39, 0.29) is 11.3 Å². The number of rotatable bonds is 5. The Labute approximate surface area is 161 Å². The summed E-state index contributed by atoms with van der Waals surface area (Å²) in [6, 6.07) is 16.3. The molecule has 5 heteroatoms. The predicted molar refractivity (Wildman–Crippen MR) is 112 cm³/mol. The molecule has 0 aromatic heterocycles. The Balaban J connectivity index is 1.77. The predicted octanol–water partition coefficient (Wildman–Crippen LogP) is 4.11. The molecule has 2 aromatic carbocycles. The number of nitrogens with one attached hydrogen (secondary N) is 3. The molecule has 0 saturated carbocycles. The van der Waals surface area contributed by atoms with Gasteiger partial charge in [-0.25, -0.2) is 0 Å². The summed E-state index contributed by atoms with van der Waals surface area (Å²) in [5, 5.41) is 9.80. The molecule has 0 aliphatic carbocycles. The van der Waals surface area contributed by atoms with Crippen molar-refractivity contribution in [2.75, 3.05) is 5.32 Å². The van der Waals surface area contributed by atoms with E-state index in [0.717, 1.165) is 11.3 Å². The molecule has 0 heterocycles. The van der Waals surface area contributed by atoms with Crippen LogP contribution in [0.3, 0.4) is 0 Å². The molecule has 2 aromatic rings. The van der Waals surface area contributed by atoms with Crippen molar-refractivity contribution in [2.24, 2.45) is 0 Å². The van der Waals surface area contributed by atoms with E-state index in [1.165, 1.54) is 18.1 Å². The van der Waals surface area contributed by atoms with Gasteiger partial charge in [0.15, 0.2) is 5.11 Å². The molecule has 2 rings (SSSR count). The molecule has 0 atom stereocenters. The molecule has 0 aliphatic heterocycles. The fraction of sp³-hybridized carbons (Fsp3) is 0.333. The third-order valence-corrected chi connectivity index (χ3v) is 4.29. The third-order valence-electron chi connectivity index (χ3n) is 4.00. The lowest BCUT2D eigenvalue weighted by atomic mass is 9.87. The molecular formula is C21H27N3OS. The average molecular weight is 370 g/mol. The average Bonchev–Trinajstić information content (AvgIpc) is 2.58. The van der Waals surface area contributed by atoms with Crippen molar-refractivity contribution in [1.82, 2.24) is 10.6 Å². The minimum Gasteiger partial charge on any atom is -0.359 e. The van der Waals surface area contributed by atoms with E-state index in [4.69, 9.17) is 12.2 Å². The van der Waals surface area contributed by atoms with E-state index in [1.54, 1.807) is 0 Å². The minimum absolute atomic E-state index is 0.0724. The molecule has 0 unspecified atom stereocenters. The van der Waals surface area contributed by atoms with Crippen molar-refractivity contribution >= 4 is 28.9 Å². The number of carbonyl (C=O) groups excluding carboxylic acids is 1. The van der Waals surface area contributed by atoms with Crippen molar-refractivity contribution in [2.45, 2.75) is 46.2 Å². The number of benzene rings is 2. The van der Waals surface area contributed by atoms with Crippen LogP contribution < -0.4 is 16.0 Å². The first-order chi connectivity index (χ1) is 12.2. The molecule has 0 saturated heterocycles. The summed E-state index contributed by atoms with van der Waals surface area (Å²) in [4.78, 5) is 11.0. The normalized spacial score (nSPS) is 10.9. The zero-order valence-electron chi connectivity index (χ0n) is 15.8. The molecule has 26 heavy (non-hydrogen) atoms. The van der Waals surface area contributed by atoms with Crippen LogP contribution in [0.5, 0.6) is 0 Å². The Morgan fingerprint density at radius 3 is 1.77 bits per heavy atom. The molecule has 0 spiro atoms. The minimum atomic E-state index is -0.0724. The Morgan fingerprint density at radius 1 is 0.885 bits per heavy atom. The fourth-order valence-electron chi connectivity index (χ4n) is 2.46. The molecular weight excluding hydrogens is 342 g/mol. The maximum absolute atomic E-state index is 11.0. The highest BCUT2D eigenvalue weighted by molar-refractivity contribution is 7.80. The van der Waals surface area contributed by atoms with Crippen LogP contribution in [0.25, 0.3) is 0 Å². The van der Waals surface area contributed by atoms with E-state index in [2.05, 4.69) is 61.0 Å². The van der Waals surface area contributed by atoms with E-state index in [1.807, 2.05) is 24.3 Å². The van der Waals surface area contributed by atoms with Crippen LogP contribution in [0.4, 0.5) is 5.69 Å². The summed E-state index contributed by atoms with van der Waals surface area (Å²) in [6.07, 6.45) is 0. The Morgan fingerprint density at radius 2 is 1.35 bits per heavy atom. The summed E-state index contributed by atoms with van der Waals surface area (Å²) >= 11 is 5.34. The largest absolute Gasteiger partial charge is 0.359 e. The van der Waals surface area contributed by atoms with Crippen LogP contribution in [0.15, 0.2) is 48.5 Å². The Bertz CT molecular complexity index is 746. The maximum Gasteiger partial charge on any atom is 0.221 e. The van der Waals surface area contributed by atoms with Crippen molar-refractivity contribution in [3.63, 3.8) is 0 Å². The fourth-order valence-corrected chi connectivity index (χ4v) is 2.60. The lowest BCUT2D eigenvalue weighted by molar-refractivity contribution is -0.114. The number of anilines is 1. The monoisotopic (exact) mass is 369 g/mol. The summed E-state index contributed by atoms with van der Waals surface area (Å²) in [5.41, 5.74) is 4.57. The zero-order chi connectivity index (χ0) is 19.2. The smallest absolute Gasteiger partial charge is 0.221 e. The number of amides is 1. The first kappa shape index (κ1) is 19.9. The van der Waals surface area contributed by atoms with Gasteiger partial charge in [0.2, 0.25) is 5.91 Å². The van der Waals surface area contributed by atoms with Gasteiger partial charge >= 0.3 is 0 Å². The van der Waals surface area contributed by atoms with Crippen molar-refractivity contribution in [3.05, 3.63) is 65.2 Å². The summed E-state index contributed by atoms with van der Waals surface area (Å²) in [6.45, 7) is 9.45. The van der Waals surface area contributed by atoms with Gasteiger partial charge in [0.05, 0.1) is 0 Å². The number of hydrogen-bond acceptors (Lipinski definition) is 2. The molecule has 0 bridgehead atoms. The third kappa shape index (κ3) is 6.48. The first-order valence-corrected chi connectivity index (χ1v) is 9.12. The second-order valence-electron chi connectivity index (χ2n) is 7.36. The second kappa shape index (κ2) is 8.81. The van der Waals surface area contributed by atoms with Crippen LogP contribution in [0.1, 0.15) is 44.4 Å². The van der Waals surface area contributed by atoms with Crippen LogP contribution in [-0.4, -0.2) is 11.0 Å². The molecule has 138 valence electrons. The zero-order valence-corrected chi connectivity index (χ0v) is 16.7. The molecule has 0 radical (unpaired) electrons. The lowest BCUT2D eigenvalue weighted by Gasteiger charge is -2.19. The van der Waals surface area contributed by atoms with Crippen LogP contribution in [0, 0.1) is 0 Å². The van der Waals surface area contributed by atoms with Crippen molar-refractivity contribution < 1.29 is 4.79 Å². The Hall–Kier alpha value is -2.40. The SMILES string of the molecule is CC(=O)Nc1ccc(CNC(=S)NCc2ccc(C(C)(C)C)cc2)cc1. The van der Waals surface area contributed by atoms with Gasteiger partial charge in [0.1, 0.15) is 0 Å². The van der Waals surface area contributed by atoms with E-state index >= 15 is 0 Å². The van der Waals surface area contributed by atoms with Crippen LogP contribution in [-0.2, 0) is 23.3 Å². The van der Waals surface area contributed by atoms with Crippen LogP contribution >= 0.6 is 12.2 Å². The van der Waals surface area contributed by atoms with Gasteiger partial charge in [-0.3, -0.25) is 4.79 Å². The van der Waals surface area contributed by atoms with Gasteiger partial charge in [-0.2, -0.15) is 0 Å². The van der Waals surface area contributed by atoms with Gasteiger partial charge in [0, 0.05) is 25.7 Å². The van der Waals surface area contributed by atoms with Crippen molar-refractivity contribution in [1.29, 1.82) is 0 Å². The van der Waals surface area contributed by atoms with Crippen LogP contribution in [0.2, 0.25) is 0 Å². The maximum atomic E-state index is 11.0. The highest BCUT2D eigenvalue weighted by Crippen LogP contribution is 2.22. The van der Waals surface area contributed by atoms with Gasteiger partial charge < -0.3 is 16.0 Å². The van der Waals surface area contributed by atoms with E-state index in [9.17, 15) is 4.79 Å². The molecule has 0 fully saturated rings. The van der Waals surface area contributed by atoms with E-state index < -0.39 is 0 Å². The number of carbonyl (C=O) groups is 1. The number of hydrogen-bond donors (Lipinski definition) is 3. The van der Waals surface area contributed by atoms with Gasteiger partial charge in [-0.1, -0.05) is 57.2 Å². The highest BCUT2D eigenvalue weighted by Gasteiger charge is 2.12. The molecule has 3 N–H and O–H groups in total. The summed E-state index contributed by atoms with van der Waals surface area (Å²) < 4.78 is 0. The quantitative estimate of drug-likeness (QED) is 0.695. The van der Waals surface area contributed by atoms with Gasteiger partial charge in [0.25, 0.3) is 0 Å². The highest BCUT2D eigenvalue weighted by atomic mass is 32.1. The topological polar surface area (TPSA) is 53.2 Å². The molecule has 4 nitrogen and oxygen atoms in total. The standard InChI is InChI=1S/C21H27N3OS/c1-15(25)24-19-11-7-17(8-12-19)14-23-20(26)22-13-16-5-9-18(10-6-16)21(2,3)4/h5-12H,13-14H2,1-4H3,(H,24,25)(H2,22,23,26). The summed E-state index contributed by atoms with van der Waals surface area (Å²) in [5.74, 6) is -0.0724. The summed E-state index contributed by atoms with van der Waals surface area (Å²) in [7, 11) is 0. The van der Waals surface area contributed by atoms with E-state index in [0.29, 0.717) is 18.2 Å². The van der Waals surface area contributed by atoms with Gasteiger partial charge in [-0.05, 0) is 46.5 Å². The molecule has 0 aliphatic rings. The molecule has 1 amide bonds. The van der Waals surface area contributed by atoms with Crippen molar-refractivity contribution in [3.8, 4) is 0 Å². The Kier molecular flexibility index (Phi) is 6.75. The van der Waals surface area contributed by atoms with Gasteiger partial charge in [-0.15, -0.1) is 0 Å². The lowest BCUT2D eigenvalue weighted by Crippen LogP contribution is -2.34. The first-order valence-electron chi connectivity index (χ1n) is 8.72.